The highest BCUT2D eigenvalue weighted by Gasteiger charge is 2.17. The molecule has 0 spiro atoms. The summed E-state index contributed by atoms with van der Waals surface area (Å²) < 4.78 is 20.2. The summed E-state index contributed by atoms with van der Waals surface area (Å²) in [7, 11) is 0. The van der Waals surface area contributed by atoms with E-state index in [-0.39, 0.29) is 11.6 Å². The van der Waals surface area contributed by atoms with Gasteiger partial charge in [-0.2, -0.15) is 0 Å². The molecule has 0 saturated carbocycles. The van der Waals surface area contributed by atoms with Crippen LogP contribution in [0.5, 0.6) is 0 Å². The summed E-state index contributed by atoms with van der Waals surface area (Å²) in [5.74, 6) is -0.0698. The van der Waals surface area contributed by atoms with Crippen LogP contribution in [0.25, 0.3) is 11.3 Å². The van der Waals surface area contributed by atoms with Gasteiger partial charge in [0.05, 0.1) is 5.69 Å². The summed E-state index contributed by atoms with van der Waals surface area (Å²) in [6.07, 6.45) is 3.34. The van der Waals surface area contributed by atoms with Crippen molar-refractivity contribution in [2.24, 2.45) is 0 Å². The van der Waals surface area contributed by atoms with Gasteiger partial charge in [-0.1, -0.05) is 23.7 Å². The van der Waals surface area contributed by atoms with Gasteiger partial charge in [-0.3, -0.25) is 4.79 Å². The van der Waals surface area contributed by atoms with E-state index in [4.69, 9.17) is 16.0 Å². The number of aryl methyl sites for hydroxylation is 1. The number of nitrogens with one attached hydrogen (secondary N) is 1. The molecule has 2 heterocycles. The van der Waals surface area contributed by atoms with Crippen LogP contribution in [0, 0.1) is 12.7 Å². The molecule has 2 aromatic carbocycles. The number of halogens is 2. The van der Waals surface area contributed by atoms with Crippen molar-refractivity contribution in [3.05, 3.63) is 70.7 Å². The van der Waals surface area contributed by atoms with Gasteiger partial charge in [-0.15, -0.1) is 0 Å². The molecule has 1 saturated heterocycles. The van der Waals surface area contributed by atoms with Crippen LogP contribution in [0.3, 0.4) is 0 Å². The van der Waals surface area contributed by atoms with Crippen molar-refractivity contribution in [1.82, 2.24) is 0 Å². The monoisotopic (exact) mass is 412 g/mol. The summed E-state index contributed by atoms with van der Waals surface area (Å²) >= 11 is 6.16. The first-order valence-corrected chi connectivity index (χ1v) is 10.1. The maximum Gasteiger partial charge on any atom is 0.291 e. The van der Waals surface area contributed by atoms with E-state index in [0.29, 0.717) is 22.2 Å². The fraction of sp³-hybridized carbons (Fsp3) is 0.261. The van der Waals surface area contributed by atoms with E-state index >= 15 is 0 Å². The minimum Gasteiger partial charge on any atom is -0.451 e. The summed E-state index contributed by atoms with van der Waals surface area (Å²) in [6.45, 7) is 3.64. The van der Waals surface area contributed by atoms with Gasteiger partial charge in [0.1, 0.15) is 11.6 Å². The summed E-state index contributed by atoms with van der Waals surface area (Å²) in [5, 5.41) is 3.33. The van der Waals surface area contributed by atoms with Crippen molar-refractivity contribution < 1.29 is 13.6 Å². The second-order valence-corrected chi connectivity index (χ2v) is 7.70. The molecule has 0 radical (unpaired) electrons. The molecule has 3 aromatic rings. The minimum absolute atomic E-state index is 0.150. The Morgan fingerprint density at radius 2 is 1.86 bits per heavy atom. The lowest BCUT2D eigenvalue weighted by molar-refractivity contribution is 0.0997. The predicted molar refractivity (Wildman–Crippen MR) is 114 cm³/mol. The molecule has 1 aromatic heterocycles. The Morgan fingerprint density at radius 1 is 1.07 bits per heavy atom. The molecular formula is C23H22ClFN2O2. The topological polar surface area (TPSA) is 45.5 Å². The molecule has 4 rings (SSSR count). The quantitative estimate of drug-likeness (QED) is 0.547. The highest BCUT2D eigenvalue weighted by Crippen LogP contribution is 2.28. The minimum atomic E-state index is -0.431. The molecule has 1 aliphatic heterocycles. The Morgan fingerprint density at radius 3 is 2.59 bits per heavy atom. The van der Waals surface area contributed by atoms with Crippen molar-refractivity contribution in [2.45, 2.75) is 26.2 Å². The molecular weight excluding hydrogens is 391 g/mol. The van der Waals surface area contributed by atoms with Crippen molar-refractivity contribution >= 4 is 28.9 Å². The standard InChI is InChI=1S/C23H22ClFN2O2/c1-15-5-6-16(13-18(15)24)21-9-10-22(29-21)23(28)26-17-7-8-20(19(25)14-17)27-11-3-2-4-12-27/h5-10,13-14H,2-4,11-12H2,1H3,(H,26,28). The molecule has 1 N–H and O–H groups in total. The SMILES string of the molecule is Cc1ccc(-c2ccc(C(=O)Nc3ccc(N4CCCCC4)c(F)c3)o2)cc1Cl. The normalized spacial score (nSPS) is 14.1. The Bertz CT molecular complexity index is 1040. The Labute approximate surface area is 174 Å². The van der Waals surface area contributed by atoms with Crippen LogP contribution >= 0.6 is 11.6 Å². The van der Waals surface area contributed by atoms with Crippen molar-refractivity contribution in [2.75, 3.05) is 23.3 Å². The zero-order valence-corrected chi connectivity index (χ0v) is 16.9. The number of rotatable bonds is 4. The molecule has 29 heavy (non-hydrogen) atoms. The number of anilines is 2. The molecule has 1 fully saturated rings. The lowest BCUT2D eigenvalue weighted by Crippen LogP contribution is -2.30. The third-order valence-corrected chi connectivity index (χ3v) is 5.60. The van der Waals surface area contributed by atoms with Gasteiger partial charge >= 0.3 is 0 Å². The van der Waals surface area contributed by atoms with Crippen LogP contribution in [0.2, 0.25) is 5.02 Å². The highest BCUT2D eigenvalue weighted by atomic mass is 35.5. The molecule has 0 aliphatic carbocycles. The molecule has 6 heteroatoms. The second-order valence-electron chi connectivity index (χ2n) is 7.30. The third-order valence-electron chi connectivity index (χ3n) is 5.19. The van der Waals surface area contributed by atoms with E-state index in [1.54, 1.807) is 30.3 Å². The number of furan rings is 1. The van der Waals surface area contributed by atoms with Gasteiger partial charge < -0.3 is 14.6 Å². The third kappa shape index (κ3) is 4.30. The summed E-state index contributed by atoms with van der Waals surface area (Å²) in [6, 6.07) is 13.7. The van der Waals surface area contributed by atoms with Gasteiger partial charge in [0, 0.05) is 29.4 Å². The Balaban J connectivity index is 1.47. The van der Waals surface area contributed by atoms with E-state index < -0.39 is 5.91 Å². The smallest absolute Gasteiger partial charge is 0.291 e. The number of piperidine rings is 1. The molecule has 0 atom stereocenters. The number of nitrogens with zero attached hydrogens (tertiary/aromatic N) is 1. The fourth-order valence-corrected chi connectivity index (χ4v) is 3.71. The van der Waals surface area contributed by atoms with Crippen LogP contribution in [-0.2, 0) is 0 Å². The molecule has 1 aliphatic rings. The Hall–Kier alpha value is -2.79. The largest absolute Gasteiger partial charge is 0.451 e. The Kier molecular flexibility index (Phi) is 5.58. The highest BCUT2D eigenvalue weighted by molar-refractivity contribution is 6.31. The van der Waals surface area contributed by atoms with Gasteiger partial charge in [-0.25, -0.2) is 4.39 Å². The first-order chi connectivity index (χ1) is 14.0. The maximum absolute atomic E-state index is 14.6. The number of benzene rings is 2. The van der Waals surface area contributed by atoms with Crippen LogP contribution in [0.15, 0.2) is 52.9 Å². The van der Waals surface area contributed by atoms with E-state index in [1.807, 2.05) is 19.1 Å². The lowest BCUT2D eigenvalue weighted by atomic mass is 10.1. The average molecular weight is 413 g/mol. The first-order valence-electron chi connectivity index (χ1n) is 9.73. The first kappa shape index (κ1) is 19.5. The van der Waals surface area contributed by atoms with Gasteiger partial charge in [-0.05, 0) is 68.1 Å². The number of amides is 1. The van der Waals surface area contributed by atoms with Crippen LogP contribution in [0.4, 0.5) is 15.8 Å². The van der Waals surface area contributed by atoms with Crippen molar-refractivity contribution in [3.8, 4) is 11.3 Å². The molecule has 0 bridgehead atoms. The predicted octanol–water partition coefficient (Wildman–Crippen LogP) is 6.29. The van der Waals surface area contributed by atoms with E-state index in [0.717, 1.165) is 37.1 Å². The van der Waals surface area contributed by atoms with Crippen molar-refractivity contribution in [1.29, 1.82) is 0 Å². The van der Waals surface area contributed by atoms with Crippen molar-refractivity contribution in [3.63, 3.8) is 0 Å². The lowest BCUT2D eigenvalue weighted by Gasteiger charge is -2.29. The van der Waals surface area contributed by atoms with Crippen LogP contribution in [0.1, 0.15) is 35.4 Å². The van der Waals surface area contributed by atoms with Crippen LogP contribution in [-0.4, -0.2) is 19.0 Å². The zero-order chi connectivity index (χ0) is 20.4. The zero-order valence-electron chi connectivity index (χ0n) is 16.2. The average Bonchev–Trinajstić information content (AvgIpc) is 3.21. The van der Waals surface area contributed by atoms with E-state index in [1.165, 1.54) is 12.5 Å². The maximum atomic E-state index is 14.6. The van der Waals surface area contributed by atoms with Gasteiger partial charge in [0.15, 0.2) is 5.76 Å². The molecule has 0 unspecified atom stereocenters. The number of hydrogen-bond acceptors (Lipinski definition) is 3. The molecule has 150 valence electrons. The molecule has 4 nitrogen and oxygen atoms in total. The summed E-state index contributed by atoms with van der Waals surface area (Å²) in [4.78, 5) is 14.6. The van der Waals surface area contributed by atoms with Gasteiger partial charge in [0.2, 0.25) is 0 Å². The fourth-order valence-electron chi connectivity index (χ4n) is 3.53. The number of hydrogen-bond donors (Lipinski definition) is 1. The number of carbonyl (C=O) groups is 1. The van der Waals surface area contributed by atoms with E-state index in [9.17, 15) is 9.18 Å². The number of carbonyl (C=O) groups excluding carboxylic acids is 1. The van der Waals surface area contributed by atoms with E-state index in [2.05, 4.69) is 10.2 Å². The second kappa shape index (κ2) is 8.29. The van der Waals surface area contributed by atoms with Gasteiger partial charge in [0.25, 0.3) is 5.91 Å². The summed E-state index contributed by atoms with van der Waals surface area (Å²) in [5.41, 5.74) is 2.73. The molecule has 1 amide bonds. The van der Waals surface area contributed by atoms with Crippen LogP contribution < -0.4 is 10.2 Å².